The van der Waals surface area contributed by atoms with Crippen molar-refractivity contribution in [1.82, 2.24) is 0 Å². The average Bonchev–Trinajstić information content (AvgIpc) is 2.43. The van der Waals surface area contributed by atoms with Gasteiger partial charge in [-0.25, -0.2) is 0 Å². The molecule has 122 valence electrons. The van der Waals surface area contributed by atoms with Crippen LogP contribution in [0.4, 0.5) is 0 Å². The smallest absolute Gasteiger partial charge is 0.306 e. The molecule has 0 fully saturated rings. The van der Waals surface area contributed by atoms with Crippen molar-refractivity contribution >= 4 is 5.97 Å². The monoisotopic (exact) mass is 296 g/mol. The molecular weight excluding hydrogens is 264 g/mol. The fraction of sp³-hybridized carbons (Fsp3) is 0.722. The summed E-state index contributed by atoms with van der Waals surface area (Å²) in [5.41, 5.74) is 0. The minimum absolute atomic E-state index is 0.234. The summed E-state index contributed by atoms with van der Waals surface area (Å²) in [5.74, 6) is -0.981. The summed E-state index contributed by atoms with van der Waals surface area (Å²) in [6.07, 6.45) is 19.1. The number of carbonyl (C=O) groups is 1. The predicted octanol–water partition coefficient (Wildman–Crippen LogP) is 4.86. The second-order valence-corrected chi connectivity index (χ2v) is 5.60. The molecule has 0 aromatic rings. The van der Waals surface area contributed by atoms with E-state index < -0.39 is 12.1 Å². The van der Waals surface area contributed by atoms with E-state index in [1.54, 1.807) is 6.08 Å². The third-order valence-electron chi connectivity index (χ3n) is 3.44. The maximum atomic E-state index is 10.3. The van der Waals surface area contributed by atoms with Crippen molar-refractivity contribution in [2.45, 2.75) is 83.7 Å². The molecule has 0 heterocycles. The quantitative estimate of drug-likeness (QED) is 0.355. The first-order valence-electron chi connectivity index (χ1n) is 8.40. The van der Waals surface area contributed by atoms with Gasteiger partial charge < -0.3 is 10.2 Å². The van der Waals surface area contributed by atoms with Gasteiger partial charge in [0.2, 0.25) is 0 Å². The average molecular weight is 296 g/mol. The molecule has 0 saturated carbocycles. The molecule has 21 heavy (non-hydrogen) atoms. The lowest BCUT2D eigenvalue weighted by Gasteiger charge is -2.00. The van der Waals surface area contributed by atoms with E-state index in [2.05, 4.69) is 13.0 Å². The van der Waals surface area contributed by atoms with Crippen molar-refractivity contribution in [2.24, 2.45) is 0 Å². The summed E-state index contributed by atoms with van der Waals surface area (Å²) in [6.45, 7) is 2.25. The van der Waals surface area contributed by atoms with E-state index >= 15 is 0 Å². The van der Waals surface area contributed by atoms with Gasteiger partial charge in [0, 0.05) is 0 Å². The number of hydrogen-bond acceptors (Lipinski definition) is 2. The van der Waals surface area contributed by atoms with Gasteiger partial charge in [-0.05, 0) is 12.8 Å². The first kappa shape index (κ1) is 19.9. The zero-order valence-corrected chi connectivity index (χ0v) is 13.5. The minimum Gasteiger partial charge on any atom is -0.481 e. The molecule has 0 rings (SSSR count). The molecule has 3 nitrogen and oxygen atoms in total. The van der Waals surface area contributed by atoms with Crippen LogP contribution >= 0.6 is 0 Å². The topological polar surface area (TPSA) is 57.5 Å². The molecule has 0 aliphatic rings. The van der Waals surface area contributed by atoms with Crippen molar-refractivity contribution in [3.63, 3.8) is 0 Å². The molecule has 0 saturated heterocycles. The molecule has 0 radical (unpaired) electrons. The zero-order chi connectivity index (χ0) is 15.8. The van der Waals surface area contributed by atoms with Crippen LogP contribution in [0.2, 0.25) is 0 Å². The van der Waals surface area contributed by atoms with Gasteiger partial charge in [0.05, 0.1) is 12.5 Å². The lowest BCUT2D eigenvalue weighted by atomic mass is 10.1. The van der Waals surface area contributed by atoms with Crippen LogP contribution in [0.25, 0.3) is 0 Å². The Morgan fingerprint density at radius 1 is 0.952 bits per heavy atom. The van der Waals surface area contributed by atoms with Crippen molar-refractivity contribution in [1.29, 1.82) is 0 Å². The lowest BCUT2D eigenvalue weighted by molar-refractivity contribution is -0.138. The van der Waals surface area contributed by atoms with E-state index in [1.165, 1.54) is 63.9 Å². The van der Waals surface area contributed by atoms with Crippen molar-refractivity contribution in [3.05, 3.63) is 24.3 Å². The van der Waals surface area contributed by atoms with E-state index in [1.807, 2.05) is 6.08 Å². The number of aliphatic hydroxyl groups excluding tert-OH is 1. The van der Waals surface area contributed by atoms with E-state index in [0.717, 1.165) is 6.42 Å². The number of hydrogen-bond donors (Lipinski definition) is 2. The maximum absolute atomic E-state index is 10.3. The Morgan fingerprint density at radius 3 is 2.10 bits per heavy atom. The van der Waals surface area contributed by atoms with Gasteiger partial charge in [-0.3, -0.25) is 4.79 Å². The van der Waals surface area contributed by atoms with Crippen LogP contribution in [-0.4, -0.2) is 22.3 Å². The molecule has 3 heteroatoms. The molecule has 0 spiro atoms. The first-order chi connectivity index (χ1) is 10.2. The second-order valence-electron chi connectivity index (χ2n) is 5.60. The van der Waals surface area contributed by atoms with Gasteiger partial charge >= 0.3 is 5.97 Å². The second kappa shape index (κ2) is 15.3. The Balaban J connectivity index is 3.32. The molecular formula is C18H32O3. The molecule has 0 aliphatic carbocycles. The molecule has 0 bridgehead atoms. The summed E-state index contributed by atoms with van der Waals surface area (Å²) in [4.78, 5) is 10.3. The summed E-state index contributed by atoms with van der Waals surface area (Å²) < 4.78 is 0. The van der Waals surface area contributed by atoms with Crippen LogP contribution in [0.15, 0.2) is 24.3 Å². The third kappa shape index (κ3) is 16.9. The van der Waals surface area contributed by atoms with Crippen LogP contribution < -0.4 is 0 Å². The molecule has 0 amide bonds. The molecule has 0 aromatic carbocycles. The van der Waals surface area contributed by atoms with Crippen LogP contribution in [0.5, 0.6) is 0 Å². The number of aliphatic carboxylic acids is 1. The molecule has 1 unspecified atom stereocenters. The minimum atomic E-state index is -0.981. The van der Waals surface area contributed by atoms with Crippen LogP contribution in [-0.2, 0) is 4.79 Å². The highest BCUT2D eigenvalue weighted by atomic mass is 16.4. The lowest BCUT2D eigenvalue weighted by Crippen LogP contribution is -2.09. The van der Waals surface area contributed by atoms with E-state index in [0.29, 0.717) is 0 Å². The number of aliphatic hydroxyl groups is 1. The predicted molar refractivity (Wildman–Crippen MR) is 88.4 cm³/mol. The molecule has 0 aromatic heterocycles. The summed E-state index contributed by atoms with van der Waals surface area (Å²) in [6, 6.07) is 0. The largest absolute Gasteiger partial charge is 0.481 e. The number of carboxylic acids is 1. The van der Waals surface area contributed by atoms with Crippen LogP contribution in [0.3, 0.4) is 0 Å². The van der Waals surface area contributed by atoms with Crippen LogP contribution in [0.1, 0.15) is 77.6 Å². The molecule has 1 atom stereocenters. The van der Waals surface area contributed by atoms with Crippen LogP contribution in [0, 0.1) is 0 Å². The number of unbranched alkanes of at least 4 members (excludes halogenated alkanes) is 9. The van der Waals surface area contributed by atoms with Gasteiger partial charge in [-0.15, -0.1) is 0 Å². The number of allylic oxidation sites excluding steroid dienone is 3. The Bertz CT molecular complexity index is 295. The maximum Gasteiger partial charge on any atom is 0.306 e. The van der Waals surface area contributed by atoms with Crippen molar-refractivity contribution < 1.29 is 15.0 Å². The zero-order valence-electron chi connectivity index (χ0n) is 13.5. The fourth-order valence-electron chi connectivity index (χ4n) is 2.19. The van der Waals surface area contributed by atoms with Gasteiger partial charge in [0.1, 0.15) is 0 Å². The fourth-order valence-corrected chi connectivity index (χ4v) is 2.19. The molecule has 2 N–H and O–H groups in total. The highest BCUT2D eigenvalue weighted by molar-refractivity contribution is 5.67. The summed E-state index contributed by atoms with van der Waals surface area (Å²) >= 11 is 0. The standard InChI is InChI=1S/C18H32O3/c1-2-3-4-5-6-7-8-9-10-11-12-13-14-15-17(19)16-18(20)21/h12-15,17,19H,2-11,16H2,1H3,(H,20,21). The Labute approximate surface area is 129 Å². The Hall–Kier alpha value is -1.09. The van der Waals surface area contributed by atoms with E-state index in [4.69, 9.17) is 5.11 Å². The van der Waals surface area contributed by atoms with Gasteiger partial charge in [-0.1, -0.05) is 82.6 Å². The third-order valence-corrected chi connectivity index (χ3v) is 3.44. The SMILES string of the molecule is CCCCCCCCCCCC=CC=CC(O)CC(=O)O. The molecule has 0 aliphatic heterocycles. The highest BCUT2D eigenvalue weighted by Crippen LogP contribution is 2.10. The van der Waals surface area contributed by atoms with E-state index in [9.17, 15) is 9.90 Å². The van der Waals surface area contributed by atoms with Gasteiger partial charge in [0.15, 0.2) is 0 Å². The Kier molecular flexibility index (Phi) is 14.5. The number of carboxylic acid groups (broad SMARTS) is 1. The summed E-state index contributed by atoms with van der Waals surface area (Å²) in [7, 11) is 0. The van der Waals surface area contributed by atoms with E-state index in [-0.39, 0.29) is 6.42 Å². The Morgan fingerprint density at radius 2 is 1.52 bits per heavy atom. The van der Waals surface area contributed by atoms with Gasteiger partial charge in [-0.2, -0.15) is 0 Å². The first-order valence-corrected chi connectivity index (χ1v) is 8.40. The van der Waals surface area contributed by atoms with Gasteiger partial charge in [0.25, 0.3) is 0 Å². The number of rotatable bonds is 14. The highest BCUT2D eigenvalue weighted by Gasteiger charge is 2.03. The van der Waals surface area contributed by atoms with Crippen molar-refractivity contribution in [2.75, 3.05) is 0 Å². The van der Waals surface area contributed by atoms with Crippen molar-refractivity contribution in [3.8, 4) is 0 Å². The normalized spacial score (nSPS) is 13.2. The summed E-state index contributed by atoms with van der Waals surface area (Å²) in [5, 5.41) is 17.8.